The van der Waals surface area contributed by atoms with Crippen molar-refractivity contribution in [1.29, 1.82) is 0 Å². The Kier molecular flexibility index (Phi) is 40.8. The molecule has 326 valence electrons. The van der Waals surface area contributed by atoms with Gasteiger partial charge >= 0.3 is 17.9 Å². The van der Waals surface area contributed by atoms with Gasteiger partial charge in [0.2, 0.25) is 0 Å². The highest BCUT2D eigenvalue weighted by atomic mass is 16.6. The first kappa shape index (κ1) is 53.4. The van der Waals surface area contributed by atoms with Gasteiger partial charge in [-0.15, -0.1) is 0 Å². The summed E-state index contributed by atoms with van der Waals surface area (Å²) in [6.45, 7) is 11.3. The zero-order chi connectivity index (χ0) is 40.5. The van der Waals surface area contributed by atoms with Crippen LogP contribution in [0.4, 0.5) is 0 Å². The number of carbonyl (C=O) groups excluding carboxylic acids is 3. The second-order valence-corrected chi connectivity index (χ2v) is 17.7. The molecule has 0 saturated carbocycles. The Morgan fingerprint density at radius 3 is 0.891 bits per heavy atom. The second-order valence-electron chi connectivity index (χ2n) is 17.7. The van der Waals surface area contributed by atoms with E-state index in [9.17, 15) is 14.4 Å². The fraction of sp³-hybridized carbons (Fsp3) is 0.939. The van der Waals surface area contributed by atoms with Crippen LogP contribution in [-0.4, -0.2) is 37.2 Å². The number of unbranched alkanes of at least 4 members (excludes halogenated alkanes) is 28. The van der Waals surface area contributed by atoms with Crippen molar-refractivity contribution in [2.24, 2.45) is 11.8 Å². The minimum Gasteiger partial charge on any atom is -0.462 e. The van der Waals surface area contributed by atoms with Crippen LogP contribution in [0, 0.1) is 11.8 Å². The summed E-state index contributed by atoms with van der Waals surface area (Å²) in [5.41, 5.74) is 0. The van der Waals surface area contributed by atoms with E-state index >= 15 is 0 Å². The molecule has 6 heteroatoms. The lowest BCUT2D eigenvalue weighted by Crippen LogP contribution is -2.30. The highest BCUT2D eigenvalue weighted by Crippen LogP contribution is 2.17. The van der Waals surface area contributed by atoms with Crippen LogP contribution in [0.25, 0.3) is 0 Å². The molecule has 6 nitrogen and oxygen atoms in total. The standard InChI is InChI=1S/C49H94O6/c1-6-7-8-9-22-29-34-39-47(50)53-42-46(43-54-48(51)40-35-30-26-25-28-33-38-45(4)5)55-49(52)41-36-31-24-21-19-17-15-13-11-10-12-14-16-18-20-23-27-32-37-44(2)3/h44-46H,6-43H2,1-5H3/t46-/m0/s1. The van der Waals surface area contributed by atoms with Crippen LogP contribution in [0.2, 0.25) is 0 Å². The van der Waals surface area contributed by atoms with E-state index in [-0.39, 0.29) is 31.1 Å². The Balaban J connectivity index is 4.12. The van der Waals surface area contributed by atoms with E-state index in [4.69, 9.17) is 14.2 Å². The third-order valence-corrected chi connectivity index (χ3v) is 11.0. The summed E-state index contributed by atoms with van der Waals surface area (Å²) in [4.78, 5) is 37.6. The molecule has 0 N–H and O–H groups in total. The van der Waals surface area contributed by atoms with Crippen LogP contribution < -0.4 is 0 Å². The minimum atomic E-state index is -0.760. The molecule has 55 heavy (non-hydrogen) atoms. The van der Waals surface area contributed by atoms with E-state index in [1.165, 1.54) is 154 Å². The molecule has 0 aliphatic heterocycles. The third kappa shape index (κ3) is 43.4. The molecule has 0 aliphatic rings. The Morgan fingerprint density at radius 2 is 0.600 bits per heavy atom. The van der Waals surface area contributed by atoms with Crippen LogP contribution in [0.5, 0.6) is 0 Å². The van der Waals surface area contributed by atoms with Gasteiger partial charge < -0.3 is 14.2 Å². The molecule has 0 spiro atoms. The predicted octanol–water partition coefficient (Wildman–Crippen LogP) is 15.4. The van der Waals surface area contributed by atoms with E-state index in [0.29, 0.717) is 19.3 Å². The van der Waals surface area contributed by atoms with E-state index < -0.39 is 6.10 Å². The number of esters is 3. The third-order valence-electron chi connectivity index (χ3n) is 11.0. The zero-order valence-corrected chi connectivity index (χ0v) is 37.6. The molecule has 0 aromatic carbocycles. The molecule has 1 atom stereocenters. The zero-order valence-electron chi connectivity index (χ0n) is 37.6. The van der Waals surface area contributed by atoms with Crippen molar-refractivity contribution in [3.8, 4) is 0 Å². The molecule has 0 aliphatic carbocycles. The van der Waals surface area contributed by atoms with Gasteiger partial charge in [0.25, 0.3) is 0 Å². The average Bonchev–Trinajstić information content (AvgIpc) is 3.15. The van der Waals surface area contributed by atoms with Gasteiger partial charge in [0, 0.05) is 19.3 Å². The van der Waals surface area contributed by atoms with Crippen molar-refractivity contribution in [2.45, 2.75) is 272 Å². The molecular weight excluding hydrogens is 685 g/mol. The molecule has 0 aromatic heterocycles. The van der Waals surface area contributed by atoms with Gasteiger partial charge in [-0.25, -0.2) is 0 Å². The maximum Gasteiger partial charge on any atom is 0.306 e. The van der Waals surface area contributed by atoms with E-state index in [1.54, 1.807) is 0 Å². The van der Waals surface area contributed by atoms with Gasteiger partial charge in [0.1, 0.15) is 13.2 Å². The SMILES string of the molecule is CCCCCCCCCC(=O)OC[C@@H](COC(=O)CCCCCCCCC(C)C)OC(=O)CCCCCCCCCCCCCCCCCCCCC(C)C. The minimum absolute atomic E-state index is 0.0660. The lowest BCUT2D eigenvalue weighted by molar-refractivity contribution is -0.167. The monoisotopic (exact) mass is 779 g/mol. The van der Waals surface area contributed by atoms with E-state index in [0.717, 1.165) is 69.6 Å². The summed E-state index contributed by atoms with van der Waals surface area (Å²) in [6, 6.07) is 0. The summed E-state index contributed by atoms with van der Waals surface area (Å²) in [5, 5.41) is 0. The van der Waals surface area contributed by atoms with E-state index in [2.05, 4.69) is 34.6 Å². The quantitative estimate of drug-likeness (QED) is 0.0348. The summed E-state index contributed by atoms with van der Waals surface area (Å²) in [5.74, 6) is 0.757. The molecule has 0 heterocycles. The number of hydrogen-bond acceptors (Lipinski definition) is 6. The lowest BCUT2D eigenvalue weighted by Gasteiger charge is -2.18. The summed E-state index contributed by atoms with van der Waals surface area (Å²) in [6.07, 6.45) is 41.2. The predicted molar refractivity (Wildman–Crippen MR) is 233 cm³/mol. The molecule has 0 amide bonds. The van der Waals surface area contributed by atoms with Gasteiger partial charge in [0.15, 0.2) is 6.10 Å². The number of rotatable bonds is 43. The van der Waals surface area contributed by atoms with Crippen molar-refractivity contribution in [2.75, 3.05) is 13.2 Å². The molecule has 0 saturated heterocycles. The van der Waals surface area contributed by atoms with Crippen LogP contribution in [0.1, 0.15) is 266 Å². The van der Waals surface area contributed by atoms with Crippen molar-refractivity contribution in [1.82, 2.24) is 0 Å². The Hall–Kier alpha value is -1.59. The largest absolute Gasteiger partial charge is 0.462 e. The van der Waals surface area contributed by atoms with Gasteiger partial charge in [-0.05, 0) is 31.1 Å². The summed E-state index contributed by atoms with van der Waals surface area (Å²) in [7, 11) is 0. The Labute approximate surface area is 342 Å². The molecule has 0 fully saturated rings. The van der Waals surface area contributed by atoms with Crippen molar-refractivity contribution in [3.05, 3.63) is 0 Å². The van der Waals surface area contributed by atoms with Crippen LogP contribution in [0.15, 0.2) is 0 Å². The Morgan fingerprint density at radius 1 is 0.345 bits per heavy atom. The Bertz CT molecular complexity index is 839. The van der Waals surface area contributed by atoms with Crippen LogP contribution in [-0.2, 0) is 28.6 Å². The molecule has 0 rings (SSSR count). The fourth-order valence-corrected chi connectivity index (χ4v) is 7.28. The maximum absolute atomic E-state index is 12.7. The number of ether oxygens (including phenoxy) is 3. The summed E-state index contributed by atoms with van der Waals surface area (Å²) >= 11 is 0. The normalized spacial score (nSPS) is 12.1. The van der Waals surface area contributed by atoms with Crippen LogP contribution in [0.3, 0.4) is 0 Å². The first-order chi connectivity index (χ1) is 26.7. The summed E-state index contributed by atoms with van der Waals surface area (Å²) < 4.78 is 16.7. The molecule has 0 unspecified atom stereocenters. The maximum atomic E-state index is 12.7. The lowest BCUT2D eigenvalue weighted by atomic mass is 10.0. The molecular formula is C49H94O6. The first-order valence-corrected chi connectivity index (χ1v) is 24.2. The highest BCUT2D eigenvalue weighted by Gasteiger charge is 2.19. The van der Waals surface area contributed by atoms with Gasteiger partial charge in [-0.1, -0.05) is 227 Å². The fourth-order valence-electron chi connectivity index (χ4n) is 7.28. The second kappa shape index (κ2) is 42.0. The van der Waals surface area contributed by atoms with E-state index in [1.807, 2.05) is 0 Å². The van der Waals surface area contributed by atoms with Gasteiger partial charge in [-0.3, -0.25) is 14.4 Å². The van der Waals surface area contributed by atoms with Gasteiger partial charge in [-0.2, -0.15) is 0 Å². The number of hydrogen-bond donors (Lipinski definition) is 0. The topological polar surface area (TPSA) is 78.9 Å². The van der Waals surface area contributed by atoms with Crippen LogP contribution >= 0.6 is 0 Å². The molecule has 0 radical (unpaired) electrons. The van der Waals surface area contributed by atoms with Crippen molar-refractivity contribution < 1.29 is 28.6 Å². The van der Waals surface area contributed by atoms with Gasteiger partial charge in [0.05, 0.1) is 0 Å². The van der Waals surface area contributed by atoms with Crippen molar-refractivity contribution in [3.63, 3.8) is 0 Å². The molecule has 0 bridgehead atoms. The number of carbonyl (C=O) groups is 3. The first-order valence-electron chi connectivity index (χ1n) is 24.2. The highest BCUT2D eigenvalue weighted by molar-refractivity contribution is 5.71. The average molecular weight is 779 g/mol. The molecule has 0 aromatic rings. The smallest absolute Gasteiger partial charge is 0.306 e. The van der Waals surface area contributed by atoms with Crippen molar-refractivity contribution >= 4 is 17.9 Å².